The van der Waals surface area contributed by atoms with Crippen molar-refractivity contribution in [1.82, 2.24) is 0 Å². The summed E-state index contributed by atoms with van der Waals surface area (Å²) in [7, 11) is 0. The third-order valence-corrected chi connectivity index (χ3v) is 1.60. The molecular formula is C8H14O3. The van der Waals surface area contributed by atoms with E-state index in [9.17, 15) is 9.59 Å². The van der Waals surface area contributed by atoms with Gasteiger partial charge in [0.15, 0.2) is 0 Å². The Kier molecular flexibility index (Phi) is 4.50. The highest BCUT2D eigenvalue weighted by atomic mass is 16.4. The molecule has 0 fully saturated rings. The number of ketones is 1. The summed E-state index contributed by atoms with van der Waals surface area (Å²) in [6.45, 7) is 3.75. The molecule has 0 aliphatic rings. The van der Waals surface area contributed by atoms with E-state index in [0.717, 1.165) is 12.8 Å². The number of carbonyl (C=O) groups excluding carboxylic acids is 1. The average Bonchev–Trinajstić information content (AvgIpc) is 1.86. The lowest BCUT2D eigenvalue weighted by Gasteiger charge is -2.05. The monoisotopic (exact) mass is 158 g/mol. The maximum absolute atomic E-state index is 11.0. The smallest absolute Gasteiger partial charge is 0.310 e. The summed E-state index contributed by atoms with van der Waals surface area (Å²) >= 11 is 0. The van der Waals surface area contributed by atoms with Crippen molar-refractivity contribution in [3.05, 3.63) is 0 Å². The molecule has 0 rings (SSSR count). The lowest BCUT2D eigenvalue weighted by Crippen LogP contribution is -2.14. The van der Waals surface area contributed by atoms with Crippen LogP contribution in [0.4, 0.5) is 0 Å². The Bertz CT molecular complexity index is 151. The number of carbonyl (C=O) groups is 2. The lowest BCUT2D eigenvalue weighted by atomic mass is 9.99. The topological polar surface area (TPSA) is 54.4 Å². The van der Waals surface area contributed by atoms with Crippen LogP contribution in [0.5, 0.6) is 0 Å². The Balaban J connectivity index is 3.73. The highest BCUT2D eigenvalue weighted by molar-refractivity contribution is 5.95. The highest BCUT2D eigenvalue weighted by Gasteiger charge is 2.14. The third-order valence-electron chi connectivity index (χ3n) is 1.60. The van der Waals surface area contributed by atoms with E-state index in [2.05, 4.69) is 0 Å². The van der Waals surface area contributed by atoms with Crippen LogP contribution < -0.4 is 0 Å². The van der Waals surface area contributed by atoms with Gasteiger partial charge in [0.1, 0.15) is 12.2 Å². The van der Waals surface area contributed by atoms with Crippen molar-refractivity contribution < 1.29 is 14.7 Å². The van der Waals surface area contributed by atoms with Crippen LogP contribution in [0, 0.1) is 5.92 Å². The number of aliphatic carboxylic acids is 1. The van der Waals surface area contributed by atoms with Gasteiger partial charge in [0, 0.05) is 5.92 Å². The minimum atomic E-state index is -1.03. The summed E-state index contributed by atoms with van der Waals surface area (Å²) in [4.78, 5) is 21.1. The van der Waals surface area contributed by atoms with Crippen molar-refractivity contribution in [2.45, 2.75) is 33.1 Å². The van der Waals surface area contributed by atoms with Gasteiger partial charge in [0.05, 0.1) is 0 Å². The number of carboxylic acid groups (broad SMARTS) is 1. The molecule has 1 unspecified atom stereocenters. The molecule has 64 valence electrons. The lowest BCUT2D eigenvalue weighted by molar-refractivity contribution is -0.141. The standard InChI is InChI=1S/C8H14O3/c1-3-4-6(2)7(9)5-8(10)11/h6H,3-5H2,1-2H3,(H,10,11). The van der Waals surface area contributed by atoms with E-state index in [4.69, 9.17) is 5.11 Å². The molecule has 0 aromatic rings. The molecule has 0 saturated carbocycles. The maximum atomic E-state index is 11.0. The highest BCUT2D eigenvalue weighted by Crippen LogP contribution is 2.07. The number of hydrogen-bond acceptors (Lipinski definition) is 2. The van der Waals surface area contributed by atoms with Gasteiger partial charge < -0.3 is 5.11 Å². The van der Waals surface area contributed by atoms with Gasteiger partial charge in [0.2, 0.25) is 0 Å². The normalized spacial score (nSPS) is 12.5. The molecule has 0 aliphatic carbocycles. The average molecular weight is 158 g/mol. The molecule has 3 heteroatoms. The minimum Gasteiger partial charge on any atom is -0.481 e. The van der Waals surface area contributed by atoms with E-state index < -0.39 is 5.97 Å². The summed E-state index contributed by atoms with van der Waals surface area (Å²) in [6, 6.07) is 0. The van der Waals surface area contributed by atoms with Gasteiger partial charge in [0.25, 0.3) is 0 Å². The Morgan fingerprint density at radius 1 is 1.45 bits per heavy atom. The molecule has 1 N–H and O–H groups in total. The summed E-state index contributed by atoms with van der Waals surface area (Å²) in [5, 5.41) is 8.28. The van der Waals surface area contributed by atoms with E-state index in [1.54, 1.807) is 6.92 Å². The molecule has 0 saturated heterocycles. The SMILES string of the molecule is CCCC(C)C(=O)CC(=O)O. The zero-order chi connectivity index (χ0) is 8.85. The van der Waals surface area contributed by atoms with Gasteiger partial charge in [-0.1, -0.05) is 20.3 Å². The predicted octanol–water partition coefficient (Wildman–Crippen LogP) is 1.47. The summed E-state index contributed by atoms with van der Waals surface area (Å²) < 4.78 is 0. The van der Waals surface area contributed by atoms with Gasteiger partial charge in [-0.15, -0.1) is 0 Å². The molecule has 0 spiro atoms. The van der Waals surface area contributed by atoms with Crippen LogP contribution in [0.25, 0.3) is 0 Å². The zero-order valence-corrected chi connectivity index (χ0v) is 6.96. The first-order valence-electron chi connectivity index (χ1n) is 3.82. The Hall–Kier alpha value is -0.860. The fourth-order valence-corrected chi connectivity index (χ4v) is 0.917. The maximum Gasteiger partial charge on any atom is 0.310 e. The minimum absolute atomic E-state index is 0.101. The van der Waals surface area contributed by atoms with Gasteiger partial charge in [-0.25, -0.2) is 0 Å². The number of carboxylic acids is 1. The van der Waals surface area contributed by atoms with Crippen molar-refractivity contribution >= 4 is 11.8 Å². The fourth-order valence-electron chi connectivity index (χ4n) is 0.917. The Morgan fingerprint density at radius 2 is 2.00 bits per heavy atom. The molecular weight excluding hydrogens is 144 g/mol. The first-order chi connectivity index (χ1) is 5.07. The van der Waals surface area contributed by atoms with Crippen LogP contribution in [0.15, 0.2) is 0 Å². The molecule has 0 aromatic heterocycles. The number of rotatable bonds is 5. The van der Waals surface area contributed by atoms with Gasteiger partial charge in [-0.05, 0) is 6.42 Å². The van der Waals surface area contributed by atoms with Crippen molar-refractivity contribution in [3.63, 3.8) is 0 Å². The van der Waals surface area contributed by atoms with Gasteiger partial charge >= 0.3 is 5.97 Å². The fraction of sp³-hybridized carbons (Fsp3) is 0.750. The molecule has 1 atom stereocenters. The Labute approximate surface area is 66.4 Å². The number of hydrogen-bond donors (Lipinski definition) is 1. The Morgan fingerprint density at radius 3 is 2.36 bits per heavy atom. The van der Waals surface area contributed by atoms with E-state index in [1.165, 1.54) is 0 Å². The van der Waals surface area contributed by atoms with Crippen molar-refractivity contribution in [3.8, 4) is 0 Å². The van der Waals surface area contributed by atoms with Crippen LogP contribution in [-0.4, -0.2) is 16.9 Å². The van der Waals surface area contributed by atoms with E-state index in [-0.39, 0.29) is 18.1 Å². The van der Waals surface area contributed by atoms with Gasteiger partial charge in [-0.3, -0.25) is 9.59 Å². The van der Waals surface area contributed by atoms with E-state index in [1.807, 2.05) is 6.92 Å². The second-order valence-electron chi connectivity index (χ2n) is 2.73. The summed E-state index contributed by atoms with van der Waals surface area (Å²) in [6.07, 6.45) is 1.37. The first kappa shape index (κ1) is 10.1. The van der Waals surface area contributed by atoms with Crippen LogP contribution in [0.3, 0.4) is 0 Å². The molecule has 0 amide bonds. The van der Waals surface area contributed by atoms with Crippen LogP contribution in [0.2, 0.25) is 0 Å². The second kappa shape index (κ2) is 4.88. The van der Waals surface area contributed by atoms with Crippen molar-refractivity contribution in [2.75, 3.05) is 0 Å². The predicted molar refractivity (Wildman–Crippen MR) is 41.3 cm³/mol. The molecule has 11 heavy (non-hydrogen) atoms. The van der Waals surface area contributed by atoms with Crippen molar-refractivity contribution in [2.24, 2.45) is 5.92 Å². The molecule has 0 bridgehead atoms. The second-order valence-corrected chi connectivity index (χ2v) is 2.73. The van der Waals surface area contributed by atoms with Crippen LogP contribution >= 0.6 is 0 Å². The molecule has 0 aliphatic heterocycles. The van der Waals surface area contributed by atoms with Crippen molar-refractivity contribution in [1.29, 1.82) is 0 Å². The van der Waals surface area contributed by atoms with Gasteiger partial charge in [-0.2, -0.15) is 0 Å². The first-order valence-corrected chi connectivity index (χ1v) is 3.82. The van der Waals surface area contributed by atoms with E-state index in [0.29, 0.717) is 0 Å². The zero-order valence-electron chi connectivity index (χ0n) is 6.96. The quantitative estimate of drug-likeness (QED) is 0.616. The molecule has 0 aromatic carbocycles. The van der Waals surface area contributed by atoms with E-state index >= 15 is 0 Å². The molecule has 0 radical (unpaired) electrons. The molecule has 3 nitrogen and oxygen atoms in total. The summed E-state index contributed by atoms with van der Waals surface area (Å²) in [5.41, 5.74) is 0. The number of Topliss-reactive ketones (excluding diaryl/α,β-unsaturated/α-hetero) is 1. The summed E-state index contributed by atoms with van der Waals surface area (Å²) in [5.74, 6) is -1.30. The molecule has 0 heterocycles. The largest absolute Gasteiger partial charge is 0.481 e. The van der Waals surface area contributed by atoms with Crippen LogP contribution in [0.1, 0.15) is 33.1 Å². The third kappa shape index (κ3) is 4.53. The van der Waals surface area contributed by atoms with Crippen LogP contribution in [-0.2, 0) is 9.59 Å².